The van der Waals surface area contributed by atoms with E-state index in [4.69, 9.17) is 0 Å². The molecule has 5 nitrogen and oxygen atoms in total. The molecule has 0 saturated carbocycles. The molecule has 0 aliphatic carbocycles. The van der Waals surface area contributed by atoms with E-state index in [0.29, 0.717) is 6.42 Å². The highest BCUT2D eigenvalue weighted by atomic mass is 32.2. The Balaban J connectivity index is 1.80. The summed E-state index contributed by atoms with van der Waals surface area (Å²) in [6, 6.07) is 16.5. The van der Waals surface area contributed by atoms with Crippen molar-refractivity contribution in [3.8, 4) is 0 Å². The Morgan fingerprint density at radius 2 is 1.67 bits per heavy atom. The van der Waals surface area contributed by atoms with Crippen LogP contribution in [0.1, 0.15) is 31.9 Å². The second-order valence-corrected chi connectivity index (χ2v) is 9.96. The van der Waals surface area contributed by atoms with Gasteiger partial charge in [0.2, 0.25) is 15.9 Å². The fourth-order valence-electron chi connectivity index (χ4n) is 3.26. The summed E-state index contributed by atoms with van der Waals surface area (Å²) in [4.78, 5) is 12.3. The van der Waals surface area contributed by atoms with Crippen molar-refractivity contribution in [1.29, 1.82) is 0 Å². The molecule has 1 N–H and O–H groups in total. The quantitative estimate of drug-likeness (QED) is 0.879. The van der Waals surface area contributed by atoms with Gasteiger partial charge in [0.05, 0.1) is 11.4 Å². The summed E-state index contributed by atoms with van der Waals surface area (Å²) in [7, 11) is -3.71. The molecule has 2 aromatic carbocycles. The Bertz CT molecular complexity index is 901. The van der Waals surface area contributed by atoms with Crippen LogP contribution in [0, 0.1) is 0 Å². The highest BCUT2D eigenvalue weighted by molar-refractivity contribution is 7.89. The van der Waals surface area contributed by atoms with E-state index in [-0.39, 0.29) is 35.3 Å². The molecular formula is C21H26N2O3S. The minimum absolute atomic E-state index is 0.0475. The van der Waals surface area contributed by atoms with Crippen LogP contribution in [0.15, 0.2) is 59.5 Å². The molecule has 0 bridgehead atoms. The Hall–Kier alpha value is -2.18. The number of nitrogens with zero attached hydrogens (tertiary/aromatic N) is 1. The first-order chi connectivity index (χ1) is 12.7. The molecule has 1 heterocycles. The SMILES string of the molecule is CC(C)(C)c1ccc(S(=O)(=O)N2CC(=O)N[C@@H](Cc3ccccc3)C2)cc1. The number of hydrogen-bond donors (Lipinski definition) is 1. The van der Waals surface area contributed by atoms with E-state index < -0.39 is 10.0 Å². The number of carbonyl (C=O) groups excluding carboxylic acids is 1. The second kappa shape index (κ2) is 7.44. The third-order valence-electron chi connectivity index (χ3n) is 4.79. The monoisotopic (exact) mass is 386 g/mol. The van der Waals surface area contributed by atoms with Gasteiger partial charge in [-0.15, -0.1) is 0 Å². The Morgan fingerprint density at radius 3 is 2.26 bits per heavy atom. The van der Waals surface area contributed by atoms with Crippen molar-refractivity contribution >= 4 is 15.9 Å². The Morgan fingerprint density at radius 1 is 1.04 bits per heavy atom. The van der Waals surface area contributed by atoms with E-state index in [1.165, 1.54) is 4.31 Å². The molecule has 1 aliphatic heterocycles. The number of carbonyl (C=O) groups is 1. The van der Waals surface area contributed by atoms with Crippen LogP contribution >= 0.6 is 0 Å². The van der Waals surface area contributed by atoms with Crippen LogP contribution in [0.4, 0.5) is 0 Å². The van der Waals surface area contributed by atoms with Crippen LogP contribution in [0.25, 0.3) is 0 Å². The van der Waals surface area contributed by atoms with E-state index in [9.17, 15) is 13.2 Å². The lowest BCUT2D eigenvalue weighted by Crippen LogP contribution is -2.56. The van der Waals surface area contributed by atoms with Gasteiger partial charge in [-0.05, 0) is 35.1 Å². The first-order valence-electron chi connectivity index (χ1n) is 9.10. The van der Waals surface area contributed by atoms with E-state index in [2.05, 4.69) is 26.1 Å². The van der Waals surface area contributed by atoms with Crippen molar-refractivity contribution < 1.29 is 13.2 Å². The Labute approximate surface area is 161 Å². The lowest BCUT2D eigenvalue weighted by Gasteiger charge is -2.32. The zero-order chi connectivity index (χ0) is 19.7. The molecule has 0 radical (unpaired) electrons. The molecule has 0 spiro atoms. The van der Waals surface area contributed by atoms with Crippen molar-refractivity contribution in [2.24, 2.45) is 0 Å². The van der Waals surface area contributed by atoms with Gasteiger partial charge in [-0.2, -0.15) is 4.31 Å². The number of benzene rings is 2. The normalized spacial score (nSPS) is 18.9. The van der Waals surface area contributed by atoms with Crippen molar-refractivity contribution in [2.45, 2.75) is 43.5 Å². The maximum Gasteiger partial charge on any atom is 0.243 e. The van der Waals surface area contributed by atoms with Crippen molar-refractivity contribution in [3.05, 3.63) is 65.7 Å². The largest absolute Gasteiger partial charge is 0.351 e. The maximum absolute atomic E-state index is 13.0. The van der Waals surface area contributed by atoms with E-state index >= 15 is 0 Å². The molecule has 1 atom stereocenters. The first kappa shape index (κ1) is 19.6. The fraction of sp³-hybridized carbons (Fsp3) is 0.381. The van der Waals surface area contributed by atoms with Gasteiger partial charge < -0.3 is 5.32 Å². The van der Waals surface area contributed by atoms with E-state index in [1.807, 2.05) is 42.5 Å². The zero-order valence-corrected chi connectivity index (χ0v) is 16.8. The summed E-state index contributed by atoms with van der Waals surface area (Å²) in [5.41, 5.74) is 2.09. The highest BCUT2D eigenvalue weighted by Gasteiger charge is 2.33. The summed E-state index contributed by atoms with van der Waals surface area (Å²) in [5.74, 6) is -0.267. The second-order valence-electron chi connectivity index (χ2n) is 8.03. The van der Waals surface area contributed by atoms with Gasteiger partial charge in [0.25, 0.3) is 0 Å². The van der Waals surface area contributed by atoms with Crippen LogP contribution in [0.3, 0.4) is 0 Å². The number of amides is 1. The van der Waals surface area contributed by atoms with E-state index in [0.717, 1.165) is 11.1 Å². The number of sulfonamides is 1. The van der Waals surface area contributed by atoms with Crippen LogP contribution in [-0.4, -0.2) is 37.8 Å². The van der Waals surface area contributed by atoms with Gasteiger partial charge in [0.1, 0.15) is 0 Å². The number of hydrogen-bond acceptors (Lipinski definition) is 3. The van der Waals surface area contributed by atoms with Gasteiger partial charge in [0.15, 0.2) is 0 Å². The average Bonchev–Trinajstić information content (AvgIpc) is 2.61. The number of piperazine rings is 1. The molecule has 144 valence electrons. The van der Waals surface area contributed by atoms with Crippen LogP contribution in [-0.2, 0) is 26.7 Å². The summed E-state index contributed by atoms with van der Waals surface area (Å²) in [6.07, 6.45) is 0.599. The van der Waals surface area contributed by atoms with Crippen LogP contribution in [0.2, 0.25) is 0 Å². The standard InChI is InChI=1S/C21H26N2O3S/c1-21(2,3)17-9-11-19(12-10-17)27(25,26)23-14-18(22-20(24)15-23)13-16-7-5-4-6-8-16/h4-12,18H,13-15H2,1-3H3,(H,22,24)/t18-/m0/s1. The molecule has 1 aliphatic rings. The predicted octanol–water partition coefficient (Wildman–Crippen LogP) is 2.72. The third-order valence-corrected chi connectivity index (χ3v) is 6.62. The lowest BCUT2D eigenvalue weighted by atomic mass is 9.87. The van der Waals surface area contributed by atoms with Gasteiger partial charge in [-0.25, -0.2) is 8.42 Å². The smallest absolute Gasteiger partial charge is 0.243 e. The summed E-state index contributed by atoms with van der Waals surface area (Å²) < 4.78 is 27.4. The molecule has 3 rings (SSSR count). The molecule has 1 fully saturated rings. The highest BCUT2D eigenvalue weighted by Crippen LogP contribution is 2.25. The molecule has 1 saturated heterocycles. The molecule has 2 aromatic rings. The topological polar surface area (TPSA) is 66.5 Å². The number of rotatable bonds is 4. The van der Waals surface area contributed by atoms with Gasteiger partial charge in [-0.3, -0.25) is 4.79 Å². The maximum atomic E-state index is 13.0. The summed E-state index contributed by atoms with van der Waals surface area (Å²) in [6.45, 7) is 6.37. The lowest BCUT2D eigenvalue weighted by molar-refractivity contribution is -0.123. The molecular weight excluding hydrogens is 360 g/mol. The number of nitrogens with one attached hydrogen (secondary N) is 1. The summed E-state index contributed by atoms with van der Waals surface area (Å²) in [5, 5.41) is 2.90. The first-order valence-corrected chi connectivity index (χ1v) is 10.5. The average molecular weight is 387 g/mol. The minimum Gasteiger partial charge on any atom is -0.351 e. The molecule has 0 unspecified atom stereocenters. The van der Waals surface area contributed by atoms with E-state index in [1.54, 1.807) is 12.1 Å². The molecule has 27 heavy (non-hydrogen) atoms. The zero-order valence-electron chi connectivity index (χ0n) is 16.0. The minimum atomic E-state index is -3.71. The molecule has 6 heteroatoms. The van der Waals surface area contributed by atoms with Gasteiger partial charge >= 0.3 is 0 Å². The van der Waals surface area contributed by atoms with Gasteiger partial charge in [0, 0.05) is 12.6 Å². The van der Waals surface area contributed by atoms with Crippen molar-refractivity contribution in [2.75, 3.05) is 13.1 Å². The Kier molecular flexibility index (Phi) is 5.40. The molecule has 0 aromatic heterocycles. The van der Waals surface area contributed by atoms with Crippen LogP contribution in [0.5, 0.6) is 0 Å². The predicted molar refractivity (Wildman–Crippen MR) is 106 cm³/mol. The van der Waals surface area contributed by atoms with Crippen molar-refractivity contribution in [1.82, 2.24) is 9.62 Å². The van der Waals surface area contributed by atoms with Crippen molar-refractivity contribution in [3.63, 3.8) is 0 Å². The van der Waals surface area contributed by atoms with Gasteiger partial charge in [-0.1, -0.05) is 63.2 Å². The third kappa shape index (κ3) is 4.57. The van der Waals surface area contributed by atoms with Crippen LogP contribution < -0.4 is 5.32 Å². The fourth-order valence-corrected chi connectivity index (χ4v) is 4.70. The molecule has 1 amide bonds. The summed E-state index contributed by atoms with van der Waals surface area (Å²) >= 11 is 0.